The second-order valence-corrected chi connectivity index (χ2v) is 5.90. The third kappa shape index (κ3) is 2.25. The lowest BCUT2D eigenvalue weighted by molar-refractivity contribution is -0.133. The van der Waals surface area contributed by atoms with Crippen LogP contribution in [0.4, 0.5) is 0 Å². The summed E-state index contributed by atoms with van der Waals surface area (Å²) in [5, 5.41) is 17.9. The van der Waals surface area contributed by atoms with Crippen molar-refractivity contribution in [1.82, 2.24) is 19.2 Å². The summed E-state index contributed by atoms with van der Waals surface area (Å²) in [6, 6.07) is 17.8. The van der Waals surface area contributed by atoms with Gasteiger partial charge in [-0.25, -0.2) is 0 Å². The number of para-hydroxylation sites is 3. The lowest BCUT2D eigenvalue weighted by Gasteiger charge is -2.03. The maximum atomic E-state index is 10.8. The van der Waals surface area contributed by atoms with Crippen LogP contribution in [0.3, 0.4) is 0 Å². The second-order valence-electron chi connectivity index (χ2n) is 4.96. The van der Waals surface area contributed by atoms with E-state index in [4.69, 9.17) is 5.11 Å². The summed E-state index contributed by atoms with van der Waals surface area (Å²) >= 11 is 1.16. The Morgan fingerprint density at radius 2 is 1.70 bits per heavy atom. The molecule has 6 nitrogen and oxygen atoms in total. The van der Waals surface area contributed by atoms with Gasteiger partial charge >= 0.3 is 5.97 Å². The Kier molecular flexibility index (Phi) is 3.27. The molecule has 4 rings (SSSR count). The van der Waals surface area contributed by atoms with Crippen LogP contribution in [-0.2, 0) is 4.79 Å². The third-order valence-electron chi connectivity index (χ3n) is 3.52. The van der Waals surface area contributed by atoms with Crippen molar-refractivity contribution >= 4 is 34.5 Å². The molecule has 0 radical (unpaired) electrons. The number of imidazole rings is 1. The summed E-state index contributed by atoms with van der Waals surface area (Å²) in [5.74, 6) is -0.255. The first-order chi connectivity index (χ1) is 11.3. The lowest BCUT2D eigenvalue weighted by Crippen LogP contribution is -1.99. The summed E-state index contributed by atoms with van der Waals surface area (Å²) in [6.07, 6.45) is 0. The zero-order chi connectivity index (χ0) is 15.8. The first-order valence-corrected chi connectivity index (χ1v) is 7.99. The van der Waals surface area contributed by atoms with Gasteiger partial charge in [0.2, 0.25) is 5.78 Å². The minimum absolute atomic E-state index is 0.0500. The molecule has 0 aliphatic carbocycles. The predicted octanol–water partition coefficient (Wildman–Crippen LogP) is 2.85. The van der Waals surface area contributed by atoms with Crippen molar-refractivity contribution in [2.45, 2.75) is 5.16 Å². The number of aliphatic carboxylic acids is 1. The molecule has 0 fully saturated rings. The molecule has 7 heteroatoms. The standard InChI is InChI=1S/C16H12N4O2S/c21-14(22)10-23-16-18-17-15-19(11-6-2-1-3-7-11)12-8-4-5-9-13(12)20(15)16/h1-9H,10H2,(H,21,22). The predicted molar refractivity (Wildman–Crippen MR) is 88.2 cm³/mol. The number of hydrogen-bond acceptors (Lipinski definition) is 4. The average molecular weight is 324 g/mol. The van der Waals surface area contributed by atoms with Crippen molar-refractivity contribution in [3.05, 3.63) is 54.6 Å². The first kappa shape index (κ1) is 13.8. The third-order valence-corrected chi connectivity index (χ3v) is 4.43. The molecule has 0 atom stereocenters. The second kappa shape index (κ2) is 5.44. The molecular formula is C16H12N4O2S. The van der Waals surface area contributed by atoms with E-state index in [1.165, 1.54) is 0 Å². The quantitative estimate of drug-likeness (QED) is 0.584. The molecule has 0 saturated heterocycles. The van der Waals surface area contributed by atoms with Crippen LogP contribution >= 0.6 is 11.8 Å². The molecule has 1 N–H and O–H groups in total. The van der Waals surface area contributed by atoms with E-state index in [0.29, 0.717) is 10.9 Å². The van der Waals surface area contributed by atoms with Gasteiger partial charge in [0.05, 0.1) is 16.8 Å². The van der Waals surface area contributed by atoms with Crippen molar-refractivity contribution in [3.8, 4) is 5.69 Å². The first-order valence-electron chi connectivity index (χ1n) is 7.00. The van der Waals surface area contributed by atoms with Crippen LogP contribution in [0.5, 0.6) is 0 Å². The highest BCUT2D eigenvalue weighted by Gasteiger charge is 2.18. The smallest absolute Gasteiger partial charge is 0.313 e. The summed E-state index contributed by atoms with van der Waals surface area (Å²) in [4.78, 5) is 10.8. The number of nitrogens with zero attached hydrogens (tertiary/aromatic N) is 4. The van der Waals surface area contributed by atoms with E-state index in [2.05, 4.69) is 10.2 Å². The monoisotopic (exact) mass is 324 g/mol. The Balaban J connectivity index is 2.00. The maximum absolute atomic E-state index is 10.8. The van der Waals surface area contributed by atoms with Gasteiger partial charge in [0.15, 0.2) is 5.16 Å². The summed E-state index contributed by atoms with van der Waals surface area (Å²) in [7, 11) is 0. The number of carboxylic acids is 1. The van der Waals surface area contributed by atoms with Crippen LogP contribution in [0.25, 0.3) is 22.5 Å². The SMILES string of the molecule is O=C(O)CSc1nnc2n(-c3ccccc3)c3ccccc3n12. The highest BCUT2D eigenvalue weighted by molar-refractivity contribution is 7.99. The zero-order valence-corrected chi connectivity index (χ0v) is 12.8. The van der Waals surface area contributed by atoms with Crippen molar-refractivity contribution in [1.29, 1.82) is 0 Å². The number of fused-ring (bicyclic) bond motifs is 3. The molecule has 0 amide bonds. The molecule has 2 aromatic carbocycles. The highest BCUT2D eigenvalue weighted by atomic mass is 32.2. The zero-order valence-electron chi connectivity index (χ0n) is 12.0. The molecule has 0 bridgehead atoms. The fraction of sp³-hybridized carbons (Fsp3) is 0.0625. The number of thioether (sulfide) groups is 1. The van der Waals surface area contributed by atoms with Gasteiger partial charge in [-0.05, 0) is 24.3 Å². The van der Waals surface area contributed by atoms with Crippen molar-refractivity contribution in [2.24, 2.45) is 0 Å². The van der Waals surface area contributed by atoms with E-state index in [0.717, 1.165) is 28.5 Å². The van der Waals surface area contributed by atoms with Gasteiger partial charge in [-0.3, -0.25) is 13.8 Å². The summed E-state index contributed by atoms with van der Waals surface area (Å²) in [5.41, 5.74) is 2.94. The van der Waals surface area contributed by atoms with Gasteiger partial charge < -0.3 is 5.11 Å². The normalized spacial score (nSPS) is 11.3. The number of benzene rings is 2. The van der Waals surface area contributed by atoms with Crippen LogP contribution in [0, 0.1) is 0 Å². The van der Waals surface area contributed by atoms with Gasteiger partial charge in [0.1, 0.15) is 0 Å². The topological polar surface area (TPSA) is 72.4 Å². The Morgan fingerprint density at radius 1 is 1.00 bits per heavy atom. The maximum Gasteiger partial charge on any atom is 0.313 e. The van der Waals surface area contributed by atoms with E-state index < -0.39 is 5.97 Å². The number of carbonyl (C=O) groups is 1. The van der Waals surface area contributed by atoms with E-state index in [1.54, 1.807) is 0 Å². The van der Waals surface area contributed by atoms with Crippen LogP contribution in [0.2, 0.25) is 0 Å². The van der Waals surface area contributed by atoms with E-state index >= 15 is 0 Å². The van der Waals surface area contributed by atoms with Crippen molar-refractivity contribution < 1.29 is 9.90 Å². The fourth-order valence-electron chi connectivity index (χ4n) is 2.62. The summed E-state index contributed by atoms with van der Waals surface area (Å²) in [6.45, 7) is 0. The molecule has 4 aromatic rings. The van der Waals surface area contributed by atoms with Crippen LogP contribution in [0.1, 0.15) is 0 Å². The molecule has 114 valence electrons. The van der Waals surface area contributed by atoms with Gasteiger partial charge in [0.25, 0.3) is 0 Å². The number of rotatable bonds is 4. The molecule has 0 spiro atoms. The molecule has 23 heavy (non-hydrogen) atoms. The Labute approximate surface area is 135 Å². The van der Waals surface area contributed by atoms with Crippen LogP contribution < -0.4 is 0 Å². The molecule has 0 aliphatic rings. The van der Waals surface area contributed by atoms with Crippen LogP contribution in [-0.4, -0.2) is 36.0 Å². The van der Waals surface area contributed by atoms with Crippen molar-refractivity contribution in [2.75, 3.05) is 5.75 Å². The van der Waals surface area contributed by atoms with E-state index in [9.17, 15) is 4.79 Å². The van der Waals surface area contributed by atoms with Gasteiger partial charge in [-0.2, -0.15) is 0 Å². The molecule has 2 aromatic heterocycles. The van der Waals surface area contributed by atoms with E-state index in [1.807, 2.05) is 63.6 Å². The Hall–Kier alpha value is -2.80. The average Bonchev–Trinajstić information content (AvgIpc) is 3.11. The van der Waals surface area contributed by atoms with Gasteiger partial charge in [-0.15, -0.1) is 10.2 Å². The Bertz CT molecular complexity index is 1010. The number of hydrogen-bond donors (Lipinski definition) is 1. The molecule has 0 unspecified atom stereocenters. The van der Waals surface area contributed by atoms with E-state index in [-0.39, 0.29) is 5.75 Å². The highest BCUT2D eigenvalue weighted by Crippen LogP contribution is 2.28. The van der Waals surface area contributed by atoms with Crippen LogP contribution in [0.15, 0.2) is 59.8 Å². The minimum atomic E-state index is -0.876. The lowest BCUT2D eigenvalue weighted by atomic mass is 10.3. The van der Waals surface area contributed by atoms with Crippen molar-refractivity contribution in [3.63, 3.8) is 0 Å². The Morgan fingerprint density at radius 3 is 2.43 bits per heavy atom. The fourth-order valence-corrected chi connectivity index (χ4v) is 3.28. The largest absolute Gasteiger partial charge is 0.481 e. The van der Waals surface area contributed by atoms with Gasteiger partial charge in [0, 0.05) is 5.69 Å². The molecule has 0 aliphatic heterocycles. The number of carboxylic acid groups (broad SMARTS) is 1. The summed E-state index contributed by atoms with van der Waals surface area (Å²) < 4.78 is 3.92. The molecule has 2 heterocycles. The molecular weight excluding hydrogens is 312 g/mol. The molecule has 0 saturated carbocycles. The minimum Gasteiger partial charge on any atom is -0.481 e. The number of aromatic nitrogens is 4. The van der Waals surface area contributed by atoms with Gasteiger partial charge in [-0.1, -0.05) is 42.1 Å².